The number of nitriles is 1. The highest BCUT2D eigenvalue weighted by molar-refractivity contribution is 5.53. The van der Waals surface area contributed by atoms with Crippen molar-refractivity contribution in [2.24, 2.45) is 0 Å². The van der Waals surface area contributed by atoms with Crippen molar-refractivity contribution >= 4 is 11.5 Å². The van der Waals surface area contributed by atoms with Gasteiger partial charge < -0.3 is 15.3 Å². The molecular weight excluding hydrogens is 307 g/mol. The summed E-state index contributed by atoms with van der Waals surface area (Å²) < 4.78 is 14.4. The second-order valence-corrected chi connectivity index (χ2v) is 5.87. The van der Waals surface area contributed by atoms with E-state index in [9.17, 15) is 9.50 Å². The maximum absolute atomic E-state index is 14.4. The molecule has 2 N–H and O–H groups in total. The van der Waals surface area contributed by atoms with Gasteiger partial charge >= 0.3 is 0 Å². The maximum Gasteiger partial charge on any atom is 0.146 e. The first-order chi connectivity index (χ1) is 11.7. The summed E-state index contributed by atoms with van der Waals surface area (Å²) in [6, 6.07) is 10.6. The summed E-state index contributed by atoms with van der Waals surface area (Å²) >= 11 is 0. The third-order valence-electron chi connectivity index (χ3n) is 4.21. The van der Waals surface area contributed by atoms with E-state index in [4.69, 9.17) is 5.26 Å². The Morgan fingerprint density at radius 2 is 2.12 bits per heavy atom. The third-order valence-corrected chi connectivity index (χ3v) is 4.21. The van der Waals surface area contributed by atoms with Crippen molar-refractivity contribution in [3.05, 3.63) is 53.5 Å². The molecule has 0 spiro atoms. The fraction of sp³-hybridized carbons (Fsp3) is 0.333. The van der Waals surface area contributed by atoms with Crippen LogP contribution in [0.2, 0.25) is 0 Å². The van der Waals surface area contributed by atoms with Gasteiger partial charge in [0.15, 0.2) is 0 Å². The number of aromatic nitrogens is 1. The van der Waals surface area contributed by atoms with Crippen molar-refractivity contribution in [1.29, 1.82) is 5.26 Å². The van der Waals surface area contributed by atoms with Gasteiger partial charge in [0.2, 0.25) is 0 Å². The highest BCUT2D eigenvalue weighted by Gasteiger charge is 2.19. The summed E-state index contributed by atoms with van der Waals surface area (Å²) in [6.45, 7) is 1.71. The van der Waals surface area contributed by atoms with Crippen LogP contribution in [0.25, 0.3) is 0 Å². The molecule has 0 radical (unpaired) electrons. The van der Waals surface area contributed by atoms with E-state index in [2.05, 4.69) is 16.4 Å². The SMILES string of the molecule is N#Cc1cccnc1NCc1ccc(N2CCC(O)CC2)c(F)c1. The lowest BCUT2D eigenvalue weighted by Crippen LogP contribution is -2.36. The van der Waals surface area contributed by atoms with Crippen LogP contribution in [0.5, 0.6) is 0 Å². The molecule has 2 heterocycles. The van der Waals surface area contributed by atoms with E-state index < -0.39 is 0 Å². The van der Waals surface area contributed by atoms with Gasteiger partial charge in [-0.05, 0) is 42.7 Å². The molecule has 2 aromatic rings. The molecule has 1 aliphatic rings. The number of piperidine rings is 1. The Labute approximate surface area is 140 Å². The van der Waals surface area contributed by atoms with Gasteiger partial charge in [-0.1, -0.05) is 6.07 Å². The predicted octanol–water partition coefficient (Wildman–Crippen LogP) is 2.67. The van der Waals surface area contributed by atoms with Gasteiger partial charge in [0.25, 0.3) is 0 Å². The number of halogens is 1. The minimum Gasteiger partial charge on any atom is -0.393 e. The summed E-state index contributed by atoms with van der Waals surface area (Å²) in [7, 11) is 0. The van der Waals surface area contributed by atoms with Crippen LogP contribution in [-0.2, 0) is 6.54 Å². The minimum atomic E-state index is -0.277. The van der Waals surface area contributed by atoms with Gasteiger partial charge in [-0.3, -0.25) is 0 Å². The number of hydrogen-bond donors (Lipinski definition) is 2. The Morgan fingerprint density at radius 3 is 2.83 bits per heavy atom. The lowest BCUT2D eigenvalue weighted by Gasteiger charge is -2.31. The van der Waals surface area contributed by atoms with Crippen LogP contribution in [0, 0.1) is 17.1 Å². The van der Waals surface area contributed by atoms with E-state index in [1.165, 1.54) is 6.07 Å². The van der Waals surface area contributed by atoms with E-state index in [1.807, 2.05) is 11.0 Å². The van der Waals surface area contributed by atoms with E-state index in [-0.39, 0.29) is 11.9 Å². The maximum atomic E-state index is 14.4. The molecule has 0 unspecified atom stereocenters. The van der Waals surface area contributed by atoms with Crippen LogP contribution in [0.3, 0.4) is 0 Å². The van der Waals surface area contributed by atoms with E-state index in [0.717, 1.165) is 5.56 Å². The molecule has 1 aromatic carbocycles. The van der Waals surface area contributed by atoms with Crippen molar-refractivity contribution in [2.45, 2.75) is 25.5 Å². The number of anilines is 2. The summed E-state index contributed by atoms with van der Waals surface area (Å²) in [5, 5.41) is 21.7. The number of aliphatic hydroxyl groups excluding tert-OH is 1. The van der Waals surface area contributed by atoms with Crippen molar-refractivity contribution in [3.63, 3.8) is 0 Å². The van der Waals surface area contributed by atoms with Crippen LogP contribution >= 0.6 is 0 Å². The van der Waals surface area contributed by atoms with Gasteiger partial charge in [0, 0.05) is 25.8 Å². The quantitative estimate of drug-likeness (QED) is 0.904. The Bertz CT molecular complexity index is 751. The fourth-order valence-corrected chi connectivity index (χ4v) is 2.85. The van der Waals surface area contributed by atoms with Crippen LogP contribution in [-0.4, -0.2) is 29.3 Å². The normalized spacial score (nSPS) is 15.1. The first-order valence-electron chi connectivity index (χ1n) is 7.98. The minimum absolute atomic E-state index is 0.271. The highest BCUT2D eigenvalue weighted by atomic mass is 19.1. The van der Waals surface area contributed by atoms with Crippen molar-refractivity contribution in [3.8, 4) is 6.07 Å². The van der Waals surface area contributed by atoms with E-state index in [1.54, 1.807) is 24.4 Å². The van der Waals surface area contributed by atoms with Crippen molar-refractivity contribution < 1.29 is 9.50 Å². The molecule has 0 bridgehead atoms. The van der Waals surface area contributed by atoms with Gasteiger partial charge in [-0.15, -0.1) is 0 Å². The molecule has 1 saturated heterocycles. The molecule has 0 aliphatic carbocycles. The predicted molar refractivity (Wildman–Crippen MR) is 90.1 cm³/mol. The molecule has 0 saturated carbocycles. The zero-order chi connectivity index (χ0) is 16.9. The Kier molecular flexibility index (Phi) is 4.92. The summed E-state index contributed by atoms with van der Waals surface area (Å²) in [4.78, 5) is 6.09. The molecule has 124 valence electrons. The number of aliphatic hydroxyl groups is 1. The van der Waals surface area contributed by atoms with Crippen LogP contribution in [0.1, 0.15) is 24.0 Å². The molecule has 1 fully saturated rings. The standard InChI is InChI=1S/C18H19FN4O/c19-16-10-13(12-22-18-14(11-20)2-1-7-21-18)3-4-17(16)23-8-5-15(24)6-9-23/h1-4,7,10,15,24H,5-6,8-9,12H2,(H,21,22). The monoisotopic (exact) mass is 326 g/mol. The van der Waals surface area contributed by atoms with Crippen LogP contribution in [0.4, 0.5) is 15.9 Å². The Hall–Kier alpha value is -2.65. The van der Waals surface area contributed by atoms with Gasteiger partial charge in [0.05, 0.1) is 17.4 Å². The Balaban J connectivity index is 1.68. The number of nitrogens with one attached hydrogen (secondary N) is 1. The lowest BCUT2D eigenvalue weighted by atomic mass is 10.1. The fourth-order valence-electron chi connectivity index (χ4n) is 2.85. The van der Waals surface area contributed by atoms with E-state index in [0.29, 0.717) is 49.5 Å². The number of rotatable bonds is 4. The van der Waals surface area contributed by atoms with Crippen LogP contribution < -0.4 is 10.2 Å². The summed E-state index contributed by atoms with van der Waals surface area (Å²) in [5.41, 5.74) is 1.81. The zero-order valence-corrected chi connectivity index (χ0v) is 13.2. The molecule has 1 aromatic heterocycles. The van der Waals surface area contributed by atoms with Crippen molar-refractivity contribution in [1.82, 2.24) is 4.98 Å². The number of pyridine rings is 1. The zero-order valence-electron chi connectivity index (χ0n) is 13.2. The molecule has 0 amide bonds. The topological polar surface area (TPSA) is 72.2 Å². The molecule has 24 heavy (non-hydrogen) atoms. The average Bonchev–Trinajstić information content (AvgIpc) is 2.61. The largest absolute Gasteiger partial charge is 0.393 e. The number of nitrogens with zero attached hydrogens (tertiary/aromatic N) is 3. The molecule has 3 rings (SSSR count). The smallest absolute Gasteiger partial charge is 0.146 e. The second-order valence-electron chi connectivity index (χ2n) is 5.87. The molecular formula is C18H19FN4O. The average molecular weight is 326 g/mol. The summed E-state index contributed by atoms with van der Waals surface area (Å²) in [6.07, 6.45) is 2.66. The van der Waals surface area contributed by atoms with E-state index >= 15 is 0 Å². The number of benzene rings is 1. The van der Waals surface area contributed by atoms with Crippen LogP contribution in [0.15, 0.2) is 36.5 Å². The van der Waals surface area contributed by atoms with Gasteiger partial charge in [-0.2, -0.15) is 5.26 Å². The Morgan fingerprint density at radius 1 is 1.33 bits per heavy atom. The van der Waals surface area contributed by atoms with Gasteiger partial charge in [0.1, 0.15) is 17.7 Å². The molecule has 0 atom stereocenters. The molecule has 5 nitrogen and oxygen atoms in total. The lowest BCUT2D eigenvalue weighted by molar-refractivity contribution is 0.145. The highest BCUT2D eigenvalue weighted by Crippen LogP contribution is 2.24. The molecule has 6 heteroatoms. The first-order valence-corrected chi connectivity index (χ1v) is 7.98. The number of hydrogen-bond acceptors (Lipinski definition) is 5. The summed E-state index contributed by atoms with van der Waals surface area (Å²) in [5.74, 6) is 0.224. The van der Waals surface area contributed by atoms with Gasteiger partial charge in [-0.25, -0.2) is 9.37 Å². The van der Waals surface area contributed by atoms with Crippen molar-refractivity contribution in [2.75, 3.05) is 23.3 Å². The molecule has 1 aliphatic heterocycles. The second kappa shape index (κ2) is 7.28. The third kappa shape index (κ3) is 3.63. The first kappa shape index (κ1) is 16.2.